The monoisotopic (exact) mass is 522 g/mol. The molecule has 2 aromatic heterocycles. The number of para-hydroxylation sites is 1. The average Bonchev–Trinajstić information content (AvgIpc) is 3.40. The number of amides is 1. The van der Waals surface area contributed by atoms with Crippen molar-refractivity contribution >= 4 is 40.5 Å². The van der Waals surface area contributed by atoms with Gasteiger partial charge in [-0.25, -0.2) is 9.67 Å². The van der Waals surface area contributed by atoms with Crippen molar-refractivity contribution in [2.45, 2.75) is 19.3 Å². The Labute approximate surface area is 224 Å². The second-order valence-corrected chi connectivity index (χ2v) is 10.4. The van der Waals surface area contributed by atoms with Gasteiger partial charge in [-0.2, -0.15) is 5.10 Å². The number of pyridine rings is 1. The first-order valence-electron chi connectivity index (χ1n) is 12.2. The Kier molecular flexibility index (Phi) is 5.92. The maximum atomic E-state index is 11.9. The first kappa shape index (κ1) is 23.9. The van der Waals surface area contributed by atoms with E-state index in [0.29, 0.717) is 16.2 Å². The molecule has 0 saturated heterocycles. The van der Waals surface area contributed by atoms with Gasteiger partial charge in [0, 0.05) is 47.2 Å². The van der Waals surface area contributed by atoms with E-state index < -0.39 is 0 Å². The zero-order chi connectivity index (χ0) is 26.3. The van der Waals surface area contributed by atoms with Gasteiger partial charge in [0.25, 0.3) is 5.91 Å². The van der Waals surface area contributed by atoms with Crippen molar-refractivity contribution in [3.05, 3.63) is 94.5 Å². The fraction of sp³-hybridized carbons (Fsp3) is 0.172. The summed E-state index contributed by atoms with van der Waals surface area (Å²) in [5, 5.41) is 9.75. The van der Waals surface area contributed by atoms with Crippen LogP contribution in [-0.2, 0) is 10.2 Å². The molecule has 0 bridgehead atoms. The first-order chi connectivity index (χ1) is 18.4. The largest absolute Gasteiger partial charge is 0.482 e. The van der Waals surface area contributed by atoms with Gasteiger partial charge in [-0.05, 0) is 48.0 Å². The van der Waals surface area contributed by atoms with E-state index in [-0.39, 0.29) is 17.9 Å². The number of aromatic nitrogens is 2. The number of hydrogen-bond acceptors (Lipinski definition) is 7. The number of rotatable bonds is 4. The van der Waals surface area contributed by atoms with Crippen LogP contribution in [0.4, 0.5) is 17.1 Å². The Balaban J connectivity index is 1.43. The summed E-state index contributed by atoms with van der Waals surface area (Å²) in [5.41, 5.74) is 6.59. The Morgan fingerprint density at radius 2 is 2.03 bits per heavy atom. The number of fused-ring (bicyclic) bond motifs is 2. The highest BCUT2D eigenvalue weighted by Crippen LogP contribution is 2.46. The maximum Gasteiger partial charge on any atom is 0.262 e. The Hall–Kier alpha value is -4.50. The van der Waals surface area contributed by atoms with Crippen molar-refractivity contribution in [2.75, 3.05) is 23.9 Å². The van der Waals surface area contributed by atoms with Crippen LogP contribution in [0.2, 0.25) is 0 Å². The predicted molar refractivity (Wildman–Crippen MR) is 151 cm³/mol. The third-order valence-electron chi connectivity index (χ3n) is 6.82. The summed E-state index contributed by atoms with van der Waals surface area (Å²) in [4.78, 5) is 23.8. The standard InChI is InChI=1S/C29H26N6O2S/c1-29(2)21-8-4-5-9-23(21)34(3)26(29)12-14-31-35-24(18-38-28(35)32-20-7-6-13-30-16-20)19-10-11-25-22(15-19)33-27(36)17-37-25/h4-16,18H,17H2,1-3H3,(H,33,36). The van der Waals surface area contributed by atoms with Crippen LogP contribution >= 0.6 is 11.3 Å². The molecule has 0 aliphatic carbocycles. The molecule has 1 amide bonds. The van der Waals surface area contributed by atoms with Crippen molar-refractivity contribution in [1.82, 2.24) is 9.66 Å². The summed E-state index contributed by atoms with van der Waals surface area (Å²) < 4.78 is 7.35. The molecule has 2 aliphatic heterocycles. The zero-order valence-corrected chi connectivity index (χ0v) is 22.1. The van der Waals surface area contributed by atoms with Crippen molar-refractivity contribution in [3.8, 4) is 17.0 Å². The van der Waals surface area contributed by atoms with E-state index in [1.54, 1.807) is 12.4 Å². The molecule has 0 saturated carbocycles. The molecule has 6 rings (SSSR count). The lowest BCUT2D eigenvalue weighted by atomic mass is 9.84. The van der Waals surface area contributed by atoms with Crippen molar-refractivity contribution < 1.29 is 9.53 Å². The Morgan fingerprint density at radius 1 is 1.16 bits per heavy atom. The SMILES string of the molecule is CN1C(=CC=Nn2c(-c3ccc4c(c3)NC(=O)CO4)csc2=Nc2cccnc2)C(C)(C)c2ccccc21. The number of anilines is 2. The molecule has 0 atom stereocenters. The molecule has 8 nitrogen and oxygen atoms in total. The number of nitrogens with zero attached hydrogens (tertiary/aromatic N) is 5. The molecule has 0 unspecified atom stereocenters. The number of hydrogen-bond donors (Lipinski definition) is 1. The lowest BCUT2D eigenvalue weighted by molar-refractivity contribution is -0.118. The molecule has 9 heteroatoms. The summed E-state index contributed by atoms with van der Waals surface area (Å²) in [5.74, 6) is 0.476. The summed E-state index contributed by atoms with van der Waals surface area (Å²) in [6.07, 6.45) is 7.32. The van der Waals surface area contributed by atoms with Gasteiger partial charge >= 0.3 is 0 Å². The maximum absolute atomic E-state index is 11.9. The van der Waals surface area contributed by atoms with Gasteiger partial charge < -0.3 is 15.0 Å². The van der Waals surface area contributed by atoms with Crippen LogP contribution in [0.3, 0.4) is 0 Å². The number of ether oxygens (including phenoxy) is 1. The van der Waals surface area contributed by atoms with Gasteiger partial charge in [-0.3, -0.25) is 9.78 Å². The molecule has 38 heavy (non-hydrogen) atoms. The third-order valence-corrected chi connectivity index (χ3v) is 7.64. The number of carbonyl (C=O) groups is 1. The minimum absolute atomic E-state index is 0.0204. The zero-order valence-electron chi connectivity index (χ0n) is 21.3. The smallest absolute Gasteiger partial charge is 0.262 e. The number of allylic oxidation sites excluding steroid dienone is 2. The van der Waals surface area contributed by atoms with E-state index in [4.69, 9.17) is 14.8 Å². The van der Waals surface area contributed by atoms with Crippen molar-refractivity contribution in [3.63, 3.8) is 0 Å². The molecule has 0 fully saturated rings. The molecule has 0 radical (unpaired) electrons. The second kappa shape index (κ2) is 9.42. The average molecular weight is 523 g/mol. The highest BCUT2D eigenvalue weighted by atomic mass is 32.1. The van der Waals surface area contributed by atoms with E-state index in [1.807, 2.05) is 46.6 Å². The molecule has 0 spiro atoms. The van der Waals surface area contributed by atoms with E-state index in [1.165, 1.54) is 22.6 Å². The predicted octanol–water partition coefficient (Wildman–Crippen LogP) is 5.32. The molecule has 2 aliphatic rings. The van der Waals surface area contributed by atoms with Crippen LogP contribution in [-0.4, -0.2) is 35.4 Å². The molecule has 4 aromatic rings. The van der Waals surface area contributed by atoms with E-state index in [0.717, 1.165) is 22.6 Å². The summed E-state index contributed by atoms with van der Waals surface area (Å²) in [7, 11) is 2.09. The number of likely N-dealkylation sites (N-methyl/N-ethyl adjacent to an activating group) is 1. The second-order valence-electron chi connectivity index (χ2n) is 9.60. The number of thiazole rings is 1. The Morgan fingerprint density at radius 3 is 2.84 bits per heavy atom. The highest BCUT2D eigenvalue weighted by molar-refractivity contribution is 7.07. The van der Waals surface area contributed by atoms with Crippen LogP contribution in [0.15, 0.2) is 94.2 Å². The summed E-state index contributed by atoms with van der Waals surface area (Å²) in [6.45, 7) is 4.47. The summed E-state index contributed by atoms with van der Waals surface area (Å²) >= 11 is 1.48. The van der Waals surface area contributed by atoms with Gasteiger partial charge in [0.15, 0.2) is 6.61 Å². The molecular formula is C29H26N6O2S. The fourth-order valence-electron chi connectivity index (χ4n) is 4.93. The lowest BCUT2D eigenvalue weighted by Gasteiger charge is -2.23. The van der Waals surface area contributed by atoms with Crippen LogP contribution in [0.25, 0.3) is 11.3 Å². The minimum Gasteiger partial charge on any atom is -0.482 e. The number of carbonyl (C=O) groups excluding carboxylic acids is 1. The first-order valence-corrected chi connectivity index (χ1v) is 13.1. The molecule has 190 valence electrons. The summed E-state index contributed by atoms with van der Waals surface area (Å²) in [6, 6.07) is 17.9. The number of nitrogens with one attached hydrogen (secondary N) is 1. The van der Waals surface area contributed by atoms with E-state index >= 15 is 0 Å². The fourth-order valence-corrected chi connectivity index (χ4v) is 5.79. The molecule has 2 aromatic carbocycles. The quantitative estimate of drug-likeness (QED) is 0.368. The van der Waals surface area contributed by atoms with Crippen LogP contribution in [0.5, 0.6) is 5.75 Å². The van der Waals surface area contributed by atoms with Gasteiger partial charge in [-0.15, -0.1) is 11.3 Å². The van der Waals surface area contributed by atoms with Gasteiger partial charge in [0.05, 0.1) is 23.3 Å². The van der Waals surface area contributed by atoms with E-state index in [9.17, 15) is 4.79 Å². The van der Waals surface area contributed by atoms with Crippen LogP contribution in [0, 0.1) is 0 Å². The van der Waals surface area contributed by atoms with Gasteiger partial charge in [-0.1, -0.05) is 32.0 Å². The normalized spacial score (nSPS) is 17.4. The highest BCUT2D eigenvalue weighted by Gasteiger charge is 2.37. The van der Waals surface area contributed by atoms with Crippen LogP contribution in [0.1, 0.15) is 19.4 Å². The third kappa shape index (κ3) is 4.20. The van der Waals surface area contributed by atoms with Gasteiger partial charge in [0.1, 0.15) is 5.75 Å². The molecule has 4 heterocycles. The topological polar surface area (TPSA) is 84.1 Å². The molecular weight excluding hydrogens is 496 g/mol. The van der Waals surface area contributed by atoms with E-state index in [2.05, 4.69) is 66.4 Å². The van der Waals surface area contributed by atoms with Crippen LogP contribution < -0.4 is 19.8 Å². The minimum atomic E-state index is -0.172. The lowest BCUT2D eigenvalue weighted by Crippen LogP contribution is -2.25. The van der Waals surface area contributed by atoms with Gasteiger partial charge in [0.2, 0.25) is 4.80 Å². The Bertz CT molecular complexity index is 1670. The molecule has 1 N–H and O–H groups in total. The van der Waals surface area contributed by atoms with Crippen molar-refractivity contribution in [1.29, 1.82) is 0 Å². The number of benzene rings is 2. The van der Waals surface area contributed by atoms with Crippen molar-refractivity contribution in [2.24, 2.45) is 10.1 Å².